The van der Waals surface area contributed by atoms with Gasteiger partial charge in [0, 0.05) is 18.0 Å². The second-order valence-electron chi connectivity index (χ2n) is 3.90. The molecule has 0 amide bonds. The van der Waals surface area contributed by atoms with Crippen LogP contribution in [0.15, 0.2) is 22.8 Å². The number of rotatable bonds is 5. The van der Waals surface area contributed by atoms with Gasteiger partial charge in [-0.2, -0.15) is 0 Å². The van der Waals surface area contributed by atoms with Crippen LogP contribution < -0.4 is 5.32 Å². The molecule has 0 aromatic carbocycles. The smallest absolute Gasteiger partial charge is 0.133 e. The molecule has 17 heavy (non-hydrogen) atoms. The summed E-state index contributed by atoms with van der Waals surface area (Å²) in [7, 11) is 0. The van der Waals surface area contributed by atoms with E-state index in [4.69, 9.17) is 4.42 Å². The maximum absolute atomic E-state index is 9.79. The molecule has 0 aliphatic heterocycles. The number of aromatic nitrogens is 1. The summed E-state index contributed by atoms with van der Waals surface area (Å²) < 4.78 is 5.13. The predicted molar refractivity (Wildman–Crippen MR) is 67.0 cm³/mol. The zero-order chi connectivity index (χ0) is 12.3. The molecule has 0 spiro atoms. The van der Waals surface area contributed by atoms with Crippen LogP contribution in [-0.4, -0.2) is 16.6 Å². The van der Waals surface area contributed by atoms with Crippen molar-refractivity contribution in [3.05, 3.63) is 39.7 Å². The molecule has 1 atom stereocenters. The molecule has 0 aliphatic carbocycles. The Labute approximate surface area is 104 Å². The molecule has 4 nitrogen and oxygen atoms in total. The van der Waals surface area contributed by atoms with Crippen molar-refractivity contribution in [3.63, 3.8) is 0 Å². The fourth-order valence-electron chi connectivity index (χ4n) is 1.64. The van der Waals surface area contributed by atoms with Crippen LogP contribution >= 0.6 is 11.3 Å². The van der Waals surface area contributed by atoms with Crippen molar-refractivity contribution in [2.75, 3.05) is 6.54 Å². The van der Waals surface area contributed by atoms with E-state index in [1.807, 2.05) is 13.8 Å². The molecule has 2 aromatic heterocycles. The lowest BCUT2D eigenvalue weighted by atomic mass is 10.2. The molecule has 2 heterocycles. The van der Waals surface area contributed by atoms with Crippen LogP contribution in [0.2, 0.25) is 0 Å². The standard InChI is InChI=1S/C12H16N2O2S/c1-8-12(17-9(2)14-8)7-13-6-10(15)11-4-3-5-16-11/h3-5,10,13,15H,6-7H2,1-2H3/t10-/m0/s1. The lowest BCUT2D eigenvalue weighted by molar-refractivity contribution is 0.147. The Morgan fingerprint density at radius 1 is 1.53 bits per heavy atom. The molecular formula is C12H16N2O2S. The Hall–Kier alpha value is -1.17. The van der Waals surface area contributed by atoms with Crippen molar-refractivity contribution in [2.24, 2.45) is 0 Å². The van der Waals surface area contributed by atoms with Crippen molar-refractivity contribution in [1.29, 1.82) is 0 Å². The molecule has 0 saturated heterocycles. The fraction of sp³-hybridized carbons (Fsp3) is 0.417. The van der Waals surface area contributed by atoms with E-state index in [1.54, 1.807) is 29.7 Å². The zero-order valence-corrected chi connectivity index (χ0v) is 10.8. The summed E-state index contributed by atoms with van der Waals surface area (Å²) in [5.41, 5.74) is 1.06. The van der Waals surface area contributed by atoms with Crippen molar-refractivity contribution in [2.45, 2.75) is 26.5 Å². The SMILES string of the molecule is Cc1nc(C)c(CNC[C@H](O)c2ccco2)s1. The molecule has 2 aromatic rings. The summed E-state index contributed by atoms with van der Waals surface area (Å²) in [6, 6.07) is 3.55. The van der Waals surface area contributed by atoms with Gasteiger partial charge in [-0.25, -0.2) is 4.98 Å². The highest BCUT2D eigenvalue weighted by atomic mass is 32.1. The molecule has 5 heteroatoms. The highest BCUT2D eigenvalue weighted by molar-refractivity contribution is 7.11. The maximum atomic E-state index is 9.79. The normalized spacial score (nSPS) is 12.9. The first-order valence-electron chi connectivity index (χ1n) is 5.52. The summed E-state index contributed by atoms with van der Waals surface area (Å²) in [4.78, 5) is 5.57. The number of aliphatic hydroxyl groups excluding tert-OH is 1. The van der Waals surface area contributed by atoms with Gasteiger partial charge >= 0.3 is 0 Å². The Kier molecular flexibility index (Phi) is 3.93. The zero-order valence-electron chi connectivity index (χ0n) is 9.93. The predicted octanol–water partition coefficient (Wildman–Crippen LogP) is 2.18. The second kappa shape index (κ2) is 5.44. The average Bonchev–Trinajstić information content (AvgIpc) is 2.89. The minimum atomic E-state index is -0.598. The molecule has 92 valence electrons. The van der Waals surface area contributed by atoms with Crippen LogP contribution in [0, 0.1) is 13.8 Å². The quantitative estimate of drug-likeness (QED) is 0.856. The van der Waals surface area contributed by atoms with Gasteiger partial charge in [-0.05, 0) is 26.0 Å². The van der Waals surface area contributed by atoms with Gasteiger partial charge in [-0.3, -0.25) is 0 Å². The van der Waals surface area contributed by atoms with E-state index in [0.29, 0.717) is 12.3 Å². The van der Waals surface area contributed by atoms with Gasteiger partial charge in [0.2, 0.25) is 0 Å². The average molecular weight is 252 g/mol. The Morgan fingerprint density at radius 3 is 2.94 bits per heavy atom. The minimum absolute atomic E-state index is 0.476. The first-order chi connectivity index (χ1) is 8.16. The molecular weight excluding hydrogens is 236 g/mol. The molecule has 2 rings (SSSR count). The number of furan rings is 1. The Morgan fingerprint density at radius 2 is 2.35 bits per heavy atom. The summed E-state index contributed by atoms with van der Waals surface area (Å²) >= 11 is 1.68. The third-order valence-corrected chi connectivity index (χ3v) is 3.57. The van der Waals surface area contributed by atoms with E-state index in [9.17, 15) is 5.11 Å². The Balaban J connectivity index is 1.82. The first kappa shape index (κ1) is 12.3. The van der Waals surface area contributed by atoms with Crippen molar-refractivity contribution in [1.82, 2.24) is 10.3 Å². The molecule has 0 bridgehead atoms. The third kappa shape index (κ3) is 3.15. The number of nitrogens with one attached hydrogen (secondary N) is 1. The van der Waals surface area contributed by atoms with Crippen molar-refractivity contribution >= 4 is 11.3 Å². The van der Waals surface area contributed by atoms with E-state index < -0.39 is 6.10 Å². The topological polar surface area (TPSA) is 58.3 Å². The largest absolute Gasteiger partial charge is 0.467 e. The second-order valence-corrected chi connectivity index (χ2v) is 5.19. The number of aryl methyl sites for hydroxylation is 2. The molecule has 2 N–H and O–H groups in total. The monoisotopic (exact) mass is 252 g/mol. The van der Waals surface area contributed by atoms with Crippen LogP contribution in [0.3, 0.4) is 0 Å². The van der Waals surface area contributed by atoms with Crippen molar-refractivity contribution < 1.29 is 9.52 Å². The van der Waals surface area contributed by atoms with Crippen LogP contribution in [-0.2, 0) is 6.54 Å². The van der Waals surface area contributed by atoms with E-state index in [2.05, 4.69) is 10.3 Å². The van der Waals surface area contributed by atoms with Gasteiger partial charge in [-0.1, -0.05) is 0 Å². The fourth-order valence-corrected chi connectivity index (χ4v) is 2.55. The minimum Gasteiger partial charge on any atom is -0.467 e. The summed E-state index contributed by atoms with van der Waals surface area (Å²) in [5.74, 6) is 0.592. The lowest BCUT2D eigenvalue weighted by Gasteiger charge is -2.08. The van der Waals surface area contributed by atoms with Gasteiger partial charge in [0.05, 0.1) is 17.0 Å². The lowest BCUT2D eigenvalue weighted by Crippen LogP contribution is -2.20. The molecule has 0 radical (unpaired) electrons. The van der Waals surface area contributed by atoms with E-state index in [-0.39, 0.29) is 0 Å². The molecule has 0 aliphatic rings. The number of nitrogens with zero attached hydrogens (tertiary/aromatic N) is 1. The summed E-state index contributed by atoms with van der Waals surface area (Å²) in [6.45, 7) is 5.21. The summed E-state index contributed by atoms with van der Waals surface area (Å²) in [5, 5.41) is 14.1. The first-order valence-corrected chi connectivity index (χ1v) is 6.33. The van der Waals surface area contributed by atoms with E-state index >= 15 is 0 Å². The summed E-state index contributed by atoms with van der Waals surface area (Å²) in [6.07, 6.45) is 0.967. The van der Waals surface area contributed by atoms with Crippen molar-refractivity contribution in [3.8, 4) is 0 Å². The van der Waals surface area contributed by atoms with Crippen LogP contribution in [0.4, 0.5) is 0 Å². The van der Waals surface area contributed by atoms with Gasteiger partial charge in [0.1, 0.15) is 11.9 Å². The van der Waals surface area contributed by atoms with Gasteiger partial charge in [0.25, 0.3) is 0 Å². The van der Waals surface area contributed by atoms with Gasteiger partial charge in [0.15, 0.2) is 0 Å². The maximum Gasteiger partial charge on any atom is 0.133 e. The number of thiazole rings is 1. The highest BCUT2D eigenvalue weighted by Crippen LogP contribution is 2.17. The number of aliphatic hydroxyl groups is 1. The van der Waals surface area contributed by atoms with Crippen LogP contribution in [0.5, 0.6) is 0 Å². The molecule has 0 unspecified atom stereocenters. The van der Waals surface area contributed by atoms with E-state index in [0.717, 1.165) is 17.2 Å². The van der Waals surface area contributed by atoms with Gasteiger partial charge < -0.3 is 14.8 Å². The number of hydrogen-bond acceptors (Lipinski definition) is 5. The molecule has 0 fully saturated rings. The third-order valence-electron chi connectivity index (χ3n) is 2.49. The highest BCUT2D eigenvalue weighted by Gasteiger charge is 2.10. The van der Waals surface area contributed by atoms with Crippen LogP contribution in [0.1, 0.15) is 27.4 Å². The molecule has 0 saturated carbocycles. The van der Waals surface area contributed by atoms with Gasteiger partial charge in [-0.15, -0.1) is 11.3 Å². The van der Waals surface area contributed by atoms with E-state index in [1.165, 1.54) is 4.88 Å². The van der Waals surface area contributed by atoms with Crippen LogP contribution in [0.25, 0.3) is 0 Å². The number of hydrogen-bond donors (Lipinski definition) is 2. The Bertz CT molecular complexity index is 465.